The Labute approximate surface area is 197 Å². The van der Waals surface area contributed by atoms with E-state index in [9.17, 15) is 22.8 Å². The molecule has 9 nitrogen and oxygen atoms in total. The van der Waals surface area contributed by atoms with Crippen LogP contribution in [0.1, 0.15) is 31.4 Å². The number of ether oxygens (including phenoxy) is 1. The molecule has 13 heteroatoms. The molecule has 0 bridgehead atoms. The first kappa shape index (κ1) is 23.0. The zero-order chi connectivity index (χ0) is 24.0. The van der Waals surface area contributed by atoms with Crippen molar-refractivity contribution in [3.05, 3.63) is 23.8 Å². The molecule has 0 radical (unpaired) electrons. The molecule has 2 amide bonds. The Balaban J connectivity index is 1.37. The van der Waals surface area contributed by atoms with E-state index in [1.54, 1.807) is 6.92 Å². The topological polar surface area (TPSA) is 92.6 Å². The molecule has 2 aliphatic heterocycles. The smallest absolute Gasteiger partial charge is 0.378 e. The maximum absolute atomic E-state index is 13.3. The first-order chi connectivity index (χ1) is 16.2. The van der Waals surface area contributed by atoms with Crippen molar-refractivity contribution in [2.24, 2.45) is 0 Å². The van der Waals surface area contributed by atoms with Crippen molar-refractivity contribution in [3.8, 4) is 0 Å². The summed E-state index contributed by atoms with van der Waals surface area (Å²) in [6, 6.07) is 3.26. The number of anilines is 3. The summed E-state index contributed by atoms with van der Waals surface area (Å²) in [4.78, 5) is 28.8. The lowest BCUT2D eigenvalue weighted by Gasteiger charge is -2.31. The second-order valence-electron chi connectivity index (χ2n) is 8.45. The number of amides is 2. The van der Waals surface area contributed by atoms with Crippen LogP contribution >= 0.6 is 11.8 Å². The van der Waals surface area contributed by atoms with Gasteiger partial charge in [0.2, 0.25) is 17.8 Å². The largest absolute Gasteiger partial charge is 0.416 e. The number of hydrogen-bond donors (Lipinski definition) is 1. The highest BCUT2D eigenvalue weighted by Crippen LogP contribution is 2.42. The number of halogens is 3. The van der Waals surface area contributed by atoms with Gasteiger partial charge in [0.05, 0.1) is 35.4 Å². The van der Waals surface area contributed by atoms with Crippen molar-refractivity contribution in [2.45, 2.75) is 42.4 Å². The first-order valence-electron chi connectivity index (χ1n) is 11.0. The molecule has 1 aromatic carbocycles. The number of aromatic nitrogens is 3. The third-order valence-corrected chi connectivity index (χ3v) is 6.98. The molecule has 182 valence electrons. The molecule has 5 rings (SSSR count). The number of morpholine rings is 1. The van der Waals surface area contributed by atoms with E-state index in [2.05, 4.69) is 25.0 Å². The Bertz CT molecular complexity index is 1110. The molecule has 3 aliphatic rings. The Hall–Kier alpha value is -2.80. The molecular weight excluding hydrogens is 473 g/mol. The molecule has 0 spiro atoms. The van der Waals surface area contributed by atoms with Gasteiger partial charge in [-0.15, -0.1) is 10.2 Å². The summed E-state index contributed by atoms with van der Waals surface area (Å²) in [5.41, 5.74) is -0.688. The standard InChI is InChI=1S/C21H23F3N6O3S/c1-12(34-20-27-26-19(30(20)14-3-4-14)28-6-8-33-9-7-28)18(32)29-11-17(31)25-15-10-13(21(22,23)24)2-5-16(15)29/h2,5,10,12,14H,3-4,6-9,11H2,1H3,(H,25,31)/t12-/m0/s1. The Kier molecular flexibility index (Phi) is 5.92. The van der Waals surface area contributed by atoms with Gasteiger partial charge in [-0.3, -0.25) is 19.1 Å². The monoisotopic (exact) mass is 496 g/mol. The van der Waals surface area contributed by atoms with Gasteiger partial charge in [-0.1, -0.05) is 11.8 Å². The van der Waals surface area contributed by atoms with Crippen LogP contribution in [0.4, 0.5) is 30.5 Å². The van der Waals surface area contributed by atoms with E-state index < -0.39 is 22.9 Å². The Morgan fingerprint density at radius 2 is 1.97 bits per heavy atom. The van der Waals surface area contributed by atoms with E-state index in [0.29, 0.717) is 31.5 Å². The number of alkyl halides is 3. The third-order valence-electron chi connectivity index (χ3n) is 5.94. The summed E-state index contributed by atoms with van der Waals surface area (Å²) in [6.07, 6.45) is -2.54. The summed E-state index contributed by atoms with van der Waals surface area (Å²) in [5, 5.41) is 11.1. The average molecular weight is 497 g/mol. The van der Waals surface area contributed by atoms with Crippen LogP contribution < -0.4 is 15.1 Å². The molecule has 3 heterocycles. The lowest BCUT2D eigenvalue weighted by Crippen LogP contribution is -2.45. The van der Waals surface area contributed by atoms with Crippen LogP contribution in [0.15, 0.2) is 23.4 Å². The van der Waals surface area contributed by atoms with Gasteiger partial charge in [0, 0.05) is 19.1 Å². The second kappa shape index (κ2) is 8.77. The predicted octanol–water partition coefficient (Wildman–Crippen LogP) is 2.93. The average Bonchev–Trinajstić information content (AvgIpc) is 3.57. The highest BCUT2D eigenvalue weighted by atomic mass is 32.2. The van der Waals surface area contributed by atoms with Gasteiger partial charge >= 0.3 is 6.18 Å². The van der Waals surface area contributed by atoms with E-state index in [4.69, 9.17) is 4.74 Å². The van der Waals surface area contributed by atoms with Crippen LogP contribution in [0, 0.1) is 0 Å². The fourth-order valence-electron chi connectivity index (χ4n) is 4.07. The number of hydrogen-bond acceptors (Lipinski definition) is 7. The molecular formula is C21H23F3N6O3S. The van der Waals surface area contributed by atoms with Crippen molar-refractivity contribution in [2.75, 3.05) is 48.0 Å². The fourth-order valence-corrected chi connectivity index (χ4v) is 5.05. The van der Waals surface area contributed by atoms with Crippen LogP contribution in [-0.4, -0.2) is 64.7 Å². The second-order valence-corrected chi connectivity index (χ2v) is 9.75. The van der Waals surface area contributed by atoms with Crippen molar-refractivity contribution in [1.82, 2.24) is 14.8 Å². The number of rotatable bonds is 5. The molecule has 34 heavy (non-hydrogen) atoms. The van der Waals surface area contributed by atoms with E-state index >= 15 is 0 Å². The third kappa shape index (κ3) is 4.45. The minimum absolute atomic E-state index is 0.0348. The lowest BCUT2D eigenvalue weighted by molar-refractivity contribution is -0.137. The summed E-state index contributed by atoms with van der Waals surface area (Å²) in [5.74, 6) is -0.178. The minimum atomic E-state index is -4.56. The molecule has 1 aromatic heterocycles. The van der Waals surface area contributed by atoms with Crippen molar-refractivity contribution >= 4 is 40.9 Å². The molecule has 2 fully saturated rings. The van der Waals surface area contributed by atoms with E-state index in [0.717, 1.165) is 30.9 Å². The van der Waals surface area contributed by atoms with Gasteiger partial charge in [0.1, 0.15) is 6.54 Å². The molecule has 1 saturated carbocycles. The van der Waals surface area contributed by atoms with Gasteiger partial charge in [0.15, 0.2) is 5.16 Å². The highest BCUT2D eigenvalue weighted by Gasteiger charge is 2.37. The maximum Gasteiger partial charge on any atom is 0.416 e. The number of nitrogens with zero attached hydrogens (tertiary/aromatic N) is 5. The van der Waals surface area contributed by atoms with Gasteiger partial charge in [-0.05, 0) is 38.0 Å². The molecule has 1 atom stereocenters. The molecule has 0 unspecified atom stereocenters. The lowest BCUT2D eigenvalue weighted by atomic mass is 10.1. The number of fused-ring (bicyclic) bond motifs is 1. The van der Waals surface area contributed by atoms with Crippen LogP contribution in [-0.2, 0) is 20.5 Å². The molecule has 2 aromatic rings. The van der Waals surface area contributed by atoms with Crippen LogP contribution in [0.3, 0.4) is 0 Å². The molecule has 1 N–H and O–H groups in total. The van der Waals surface area contributed by atoms with Crippen molar-refractivity contribution in [3.63, 3.8) is 0 Å². The van der Waals surface area contributed by atoms with E-state index in [1.807, 2.05) is 0 Å². The maximum atomic E-state index is 13.3. The Morgan fingerprint density at radius 1 is 1.24 bits per heavy atom. The highest BCUT2D eigenvalue weighted by molar-refractivity contribution is 8.00. The number of benzene rings is 1. The molecule has 1 aliphatic carbocycles. The summed E-state index contributed by atoms with van der Waals surface area (Å²) in [6.45, 7) is 4.08. The van der Waals surface area contributed by atoms with Crippen molar-refractivity contribution in [1.29, 1.82) is 0 Å². The van der Waals surface area contributed by atoms with Crippen molar-refractivity contribution < 1.29 is 27.5 Å². The number of thioether (sulfide) groups is 1. The molecule has 1 saturated heterocycles. The van der Waals surface area contributed by atoms with Gasteiger partial charge in [-0.25, -0.2) is 0 Å². The number of nitrogens with one attached hydrogen (secondary N) is 1. The van der Waals surface area contributed by atoms with E-state index in [-0.39, 0.29) is 29.9 Å². The predicted molar refractivity (Wildman–Crippen MR) is 119 cm³/mol. The number of carbonyl (C=O) groups excluding carboxylic acids is 2. The van der Waals surface area contributed by atoms with E-state index in [1.165, 1.54) is 22.7 Å². The van der Waals surface area contributed by atoms with Gasteiger partial charge < -0.3 is 15.0 Å². The quantitative estimate of drug-likeness (QED) is 0.637. The Morgan fingerprint density at radius 3 is 2.65 bits per heavy atom. The number of carbonyl (C=O) groups is 2. The zero-order valence-electron chi connectivity index (χ0n) is 18.3. The van der Waals surface area contributed by atoms with Gasteiger partial charge in [0.25, 0.3) is 0 Å². The normalized spacial score (nSPS) is 19.6. The fraction of sp³-hybridized carbons (Fsp3) is 0.524. The minimum Gasteiger partial charge on any atom is -0.378 e. The van der Waals surface area contributed by atoms with Gasteiger partial charge in [-0.2, -0.15) is 13.2 Å². The van der Waals surface area contributed by atoms with Crippen LogP contribution in [0.2, 0.25) is 0 Å². The first-order valence-corrected chi connectivity index (χ1v) is 11.9. The summed E-state index contributed by atoms with van der Waals surface area (Å²) in [7, 11) is 0. The van der Waals surface area contributed by atoms with Crippen LogP contribution in [0.25, 0.3) is 0 Å². The summed E-state index contributed by atoms with van der Waals surface area (Å²) >= 11 is 1.24. The van der Waals surface area contributed by atoms with Crippen LogP contribution in [0.5, 0.6) is 0 Å². The SMILES string of the molecule is C[C@H](Sc1nnc(N2CCOCC2)n1C1CC1)C(=O)N1CC(=O)Nc2cc(C(F)(F)F)ccc21. The summed E-state index contributed by atoms with van der Waals surface area (Å²) < 4.78 is 46.8. The zero-order valence-corrected chi connectivity index (χ0v) is 19.2.